The highest BCUT2D eigenvalue weighted by Crippen LogP contribution is 2.23. The average Bonchev–Trinajstić information content (AvgIpc) is 2.61. The van der Waals surface area contributed by atoms with Crippen LogP contribution in [0.4, 0.5) is 13.2 Å². The molecule has 0 fully saturated rings. The third-order valence-corrected chi connectivity index (χ3v) is 6.93. The first-order valence-corrected chi connectivity index (χ1v) is 10.4. The van der Waals surface area contributed by atoms with E-state index in [9.17, 15) is 30.0 Å². The van der Waals surface area contributed by atoms with Crippen LogP contribution in [0.3, 0.4) is 0 Å². The van der Waals surface area contributed by atoms with Gasteiger partial charge in [-0.3, -0.25) is 0 Å². The van der Waals surface area contributed by atoms with Gasteiger partial charge in [0, 0.05) is 13.6 Å². The van der Waals surface area contributed by atoms with E-state index in [1.807, 2.05) is 0 Å². The fourth-order valence-electron chi connectivity index (χ4n) is 2.23. The van der Waals surface area contributed by atoms with Crippen LogP contribution in [0.2, 0.25) is 0 Å². The van der Waals surface area contributed by atoms with Crippen molar-refractivity contribution in [3.63, 3.8) is 0 Å². The highest BCUT2D eigenvalue weighted by atomic mass is 32.2. The number of alkyl halides is 2. The molecule has 0 spiro atoms. The summed E-state index contributed by atoms with van der Waals surface area (Å²) in [7, 11) is -6.32. The maximum absolute atomic E-state index is 13.7. The number of sulfone groups is 1. The lowest BCUT2D eigenvalue weighted by Crippen LogP contribution is -2.26. The van der Waals surface area contributed by atoms with Crippen molar-refractivity contribution in [3.8, 4) is 5.75 Å². The molecule has 6 nitrogen and oxygen atoms in total. The molecule has 2 aromatic carbocycles. The zero-order chi connectivity index (χ0) is 20.4. The van der Waals surface area contributed by atoms with E-state index in [-0.39, 0.29) is 17.2 Å². The van der Waals surface area contributed by atoms with Gasteiger partial charge in [0.1, 0.15) is 0 Å². The van der Waals surface area contributed by atoms with E-state index in [2.05, 4.69) is 0 Å². The minimum absolute atomic E-state index is 0.0140. The van der Waals surface area contributed by atoms with Crippen molar-refractivity contribution in [2.75, 3.05) is 14.2 Å². The summed E-state index contributed by atoms with van der Waals surface area (Å²) in [4.78, 5) is -0.969. The molecule has 0 heterocycles. The first-order valence-electron chi connectivity index (χ1n) is 7.41. The second-order valence-electron chi connectivity index (χ2n) is 5.51. The Balaban J connectivity index is 2.26. The van der Waals surface area contributed by atoms with Gasteiger partial charge in [-0.2, -0.15) is 13.1 Å². The lowest BCUT2D eigenvalue weighted by atomic mass is 10.2. The molecule has 0 aliphatic carbocycles. The van der Waals surface area contributed by atoms with E-state index in [0.29, 0.717) is 5.56 Å². The molecule has 148 valence electrons. The quantitative estimate of drug-likeness (QED) is 0.684. The standard InChI is InChI=1S/C16H16F3NO5S2/c1-20(10-11-3-8-15(25-2)14(17)9-11)27(23,24)13-6-4-12(5-7-13)26(21,22)16(18)19/h3-9,16H,10H2,1-2H3. The molecule has 0 N–H and O–H groups in total. The van der Waals surface area contributed by atoms with Gasteiger partial charge in [-0.15, -0.1) is 0 Å². The monoisotopic (exact) mass is 423 g/mol. The zero-order valence-electron chi connectivity index (χ0n) is 14.3. The fraction of sp³-hybridized carbons (Fsp3) is 0.250. The van der Waals surface area contributed by atoms with Crippen LogP contribution in [0.25, 0.3) is 0 Å². The molecule has 11 heteroatoms. The maximum Gasteiger partial charge on any atom is 0.341 e. The molecule has 0 atom stereocenters. The van der Waals surface area contributed by atoms with Crippen LogP contribution in [0.15, 0.2) is 52.3 Å². The first-order chi connectivity index (χ1) is 12.5. The van der Waals surface area contributed by atoms with Gasteiger partial charge in [-0.25, -0.2) is 21.2 Å². The second kappa shape index (κ2) is 7.87. The van der Waals surface area contributed by atoms with Crippen molar-refractivity contribution in [2.24, 2.45) is 0 Å². The summed E-state index contributed by atoms with van der Waals surface area (Å²) >= 11 is 0. The largest absolute Gasteiger partial charge is 0.494 e. The summed E-state index contributed by atoms with van der Waals surface area (Å²) in [5, 5.41) is 0. The highest BCUT2D eigenvalue weighted by Gasteiger charge is 2.28. The smallest absolute Gasteiger partial charge is 0.341 e. The third kappa shape index (κ3) is 4.42. The number of nitrogens with zero attached hydrogens (tertiary/aromatic N) is 1. The molecule has 0 unspecified atom stereocenters. The van der Waals surface area contributed by atoms with Crippen molar-refractivity contribution in [3.05, 3.63) is 53.8 Å². The molecule has 0 bridgehead atoms. The molecule has 27 heavy (non-hydrogen) atoms. The summed E-state index contributed by atoms with van der Waals surface area (Å²) in [6, 6.07) is 7.43. The van der Waals surface area contributed by atoms with Gasteiger partial charge in [0.25, 0.3) is 0 Å². The number of methoxy groups -OCH3 is 1. The second-order valence-corrected chi connectivity index (χ2v) is 9.47. The van der Waals surface area contributed by atoms with Gasteiger partial charge in [0.15, 0.2) is 11.6 Å². The zero-order valence-corrected chi connectivity index (χ0v) is 15.9. The van der Waals surface area contributed by atoms with Gasteiger partial charge in [-0.05, 0) is 42.0 Å². The van der Waals surface area contributed by atoms with Crippen LogP contribution in [-0.2, 0) is 26.4 Å². The Hall–Kier alpha value is -2.11. The lowest BCUT2D eigenvalue weighted by molar-refractivity contribution is 0.234. The van der Waals surface area contributed by atoms with Crippen molar-refractivity contribution >= 4 is 19.9 Å². The number of rotatable bonds is 7. The van der Waals surface area contributed by atoms with Crippen LogP contribution < -0.4 is 4.74 Å². The molecule has 0 aromatic heterocycles. The average molecular weight is 423 g/mol. The van der Waals surface area contributed by atoms with E-state index in [0.717, 1.165) is 34.6 Å². The van der Waals surface area contributed by atoms with E-state index < -0.39 is 36.3 Å². The Morgan fingerprint density at radius 2 is 1.56 bits per heavy atom. The fourth-order valence-corrected chi connectivity index (χ4v) is 4.11. The Bertz CT molecular complexity index is 1020. The SMILES string of the molecule is COc1ccc(CN(C)S(=O)(=O)c2ccc(S(=O)(=O)C(F)F)cc2)cc1F. The number of hydrogen-bond acceptors (Lipinski definition) is 5. The summed E-state index contributed by atoms with van der Waals surface area (Å²) in [5.41, 5.74) is 0.358. The third-order valence-electron chi connectivity index (χ3n) is 3.72. The Morgan fingerprint density at radius 3 is 2.04 bits per heavy atom. The van der Waals surface area contributed by atoms with Crippen LogP contribution in [0, 0.1) is 5.82 Å². The Kier molecular flexibility index (Phi) is 6.17. The predicted octanol–water partition coefficient (Wildman–Crippen LogP) is 2.65. The van der Waals surface area contributed by atoms with E-state index in [4.69, 9.17) is 4.74 Å². The Morgan fingerprint density at radius 1 is 1.00 bits per heavy atom. The van der Waals surface area contributed by atoms with Crippen molar-refractivity contribution < 1.29 is 34.7 Å². The number of benzene rings is 2. The van der Waals surface area contributed by atoms with Gasteiger partial charge in [0.2, 0.25) is 19.9 Å². The number of sulfonamides is 1. The number of halogens is 3. The van der Waals surface area contributed by atoms with Gasteiger partial charge in [0.05, 0.1) is 16.9 Å². The predicted molar refractivity (Wildman–Crippen MR) is 91.2 cm³/mol. The van der Waals surface area contributed by atoms with Crippen molar-refractivity contribution in [1.82, 2.24) is 4.31 Å². The molecule has 2 aromatic rings. The van der Waals surface area contributed by atoms with Gasteiger partial charge in [-0.1, -0.05) is 6.07 Å². The van der Waals surface area contributed by atoms with Crippen molar-refractivity contribution in [2.45, 2.75) is 22.1 Å². The van der Waals surface area contributed by atoms with Crippen LogP contribution in [0.1, 0.15) is 5.56 Å². The molecule has 0 radical (unpaired) electrons. The van der Waals surface area contributed by atoms with Crippen LogP contribution >= 0.6 is 0 Å². The highest BCUT2D eigenvalue weighted by molar-refractivity contribution is 7.91. The minimum Gasteiger partial charge on any atom is -0.494 e. The van der Waals surface area contributed by atoms with Crippen LogP contribution in [0.5, 0.6) is 5.75 Å². The number of ether oxygens (including phenoxy) is 1. The first kappa shape index (κ1) is 21.2. The van der Waals surface area contributed by atoms with E-state index in [1.54, 1.807) is 0 Å². The summed E-state index contributed by atoms with van der Waals surface area (Å²) < 4.78 is 92.4. The molecule has 0 saturated heterocycles. The molecule has 0 saturated carbocycles. The molecule has 0 amide bonds. The minimum atomic E-state index is -4.81. The number of hydrogen-bond donors (Lipinski definition) is 0. The lowest BCUT2D eigenvalue weighted by Gasteiger charge is -2.18. The van der Waals surface area contributed by atoms with E-state index in [1.165, 1.54) is 26.3 Å². The topological polar surface area (TPSA) is 80.8 Å². The molecular formula is C16H16F3NO5S2. The molecular weight excluding hydrogens is 407 g/mol. The van der Waals surface area contributed by atoms with Crippen molar-refractivity contribution in [1.29, 1.82) is 0 Å². The van der Waals surface area contributed by atoms with Crippen LogP contribution in [-0.4, -0.2) is 41.1 Å². The summed E-state index contributed by atoms with van der Waals surface area (Å²) in [5.74, 6) is -4.24. The molecule has 0 aliphatic heterocycles. The normalized spacial score (nSPS) is 12.6. The molecule has 0 aliphatic rings. The molecule has 2 rings (SSSR count). The summed E-state index contributed by atoms with van der Waals surface area (Å²) in [6.45, 7) is -0.166. The Labute approximate surface area is 155 Å². The van der Waals surface area contributed by atoms with Gasteiger partial charge < -0.3 is 4.74 Å². The maximum atomic E-state index is 13.7. The van der Waals surface area contributed by atoms with E-state index >= 15 is 0 Å². The van der Waals surface area contributed by atoms with Gasteiger partial charge >= 0.3 is 5.76 Å². The summed E-state index contributed by atoms with van der Waals surface area (Å²) in [6.07, 6.45) is 0.